The zero-order chi connectivity index (χ0) is 14.6. The average molecular weight is 270 g/mol. The van der Waals surface area contributed by atoms with Gasteiger partial charge in [0, 0.05) is 12.8 Å². The first-order valence-electron chi connectivity index (χ1n) is 6.47. The second kappa shape index (κ2) is 6.14. The first-order chi connectivity index (χ1) is 8.75. The van der Waals surface area contributed by atoms with Gasteiger partial charge in [-0.2, -0.15) is 0 Å². The molecule has 1 rings (SSSR count). The van der Waals surface area contributed by atoms with Crippen LogP contribution in [-0.2, 0) is 19.1 Å². The molecule has 2 amide bonds. The molecule has 0 radical (unpaired) electrons. The second-order valence-electron chi connectivity index (χ2n) is 5.75. The summed E-state index contributed by atoms with van der Waals surface area (Å²) in [5.41, 5.74) is 4.63. The number of nitrogens with one attached hydrogen (secondary N) is 1. The molecule has 19 heavy (non-hydrogen) atoms. The Balaban J connectivity index is 2.55. The summed E-state index contributed by atoms with van der Waals surface area (Å²) >= 11 is 0. The highest BCUT2D eigenvalue weighted by molar-refractivity contribution is 5.92. The number of amides is 2. The van der Waals surface area contributed by atoms with E-state index in [-0.39, 0.29) is 37.2 Å². The zero-order valence-corrected chi connectivity index (χ0v) is 11.7. The van der Waals surface area contributed by atoms with Gasteiger partial charge in [0.15, 0.2) is 5.78 Å². The van der Waals surface area contributed by atoms with Crippen LogP contribution in [0.3, 0.4) is 0 Å². The molecule has 0 bridgehead atoms. The monoisotopic (exact) mass is 270 g/mol. The molecule has 1 heterocycles. The van der Waals surface area contributed by atoms with E-state index in [1.807, 2.05) is 6.92 Å². The quantitative estimate of drug-likeness (QED) is 0.717. The summed E-state index contributed by atoms with van der Waals surface area (Å²) in [6, 6.07) is -0.568. The van der Waals surface area contributed by atoms with Crippen molar-refractivity contribution in [3.05, 3.63) is 0 Å². The van der Waals surface area contributed by atoms with Crippen LogP contribution in [0.15, 0.2) is 0 Å². The molecule has 0 aliphatic carbocycles. The fourth-order valence-electron chi connectivity index (χ4n) is 2.30. The number of hydrogen-bond acceptors (Lipinski definition) is 4. The number of carbonyl (C=O) groups is 3. The average Bonchev–Trinajstić information content (AvgIpc) is 2.57. The third-order valence-corrected chi connectivity index (χ3v) is 3.17. The standard InChI is InChI=1S/C13H22N2O4/c1-4-9-12(8(16)7-19-9)15-11(18)6-13(2,3)5-10(14)17/h9,12H,4-7H2,1-3H3,(H2,14,17)(H,15,18). The topological polar surface area (TPSA) is 98.5 Å². The van der Waals surface area contributed by atoms with Crippen molar-refractivity contribution < 1.29 is 19.1 Å². The van der Waals surface area contributed by atoms with E-state index in [0.29, 0.717) is 6.42 Å². The van der Waals surface area contributed by atoms with Gasteiger partial charge in [-0.05, 0) is 11.8 Å². The van der Waals surface area contributed by atoms with Gasteiger partial charge in [0.25, 0.3) is 0 Å². The number of Topliss-reactive ketones (excluding diaryl/α,β-unsaturated/α-hetero) is 1. The highest BCUT2D eigenvalue weighted by atomic mass is 16.5. The van der Waals surface area contributed by atoms with Crippen molar-refractivity contribution in [2.24, 2.45) is 11.1 Å². The SMILES string of the molecule is CCC1OCC(=O)C1NC(=O)CC(C)(C)CC(N)=O. The van der Waals surface area contributed by atoms with Crippen LogP contribution in [0.4, 0.5) is 0 Å². The van der Waals surface area contributed by atoms with E-state index in [1.54, 1.807) is 13.8 Å². The van der Waals surface area contributed by atoms with Crippen molar-refractivity contribution in [1.82, 2.24) is 5.32 Å². The molecule has 0 saturated carbocycles. The third-order valence-electron chi connectivity index (χ3n) is 3.17. The summed E-state index contributed by atoms with van der Waals surface area (Å²) < 4.78 is 5.28. The number of nitrogens with two attached hydrogens (primary N) is 1. The lowest BCUT2D eigenvalue weighted by atomic mass is 9.85. The van der Waals surface area contributed by atoms with E-state index in [0.717, 1.165) is 0 Å². The van der Waals surface area contributed by atoms with Gasteiger partial charge in [-0.25, -0.2) is 0 Å². The molecule has 2 atom stereocenters. The van der Waals surface area contributed by atoms with Gasteiger partial charge in [-0.1, -0.05) is 20.8 Å². The summed E-state index contributed by atoms with van der Waals surface area (Å²) in [6.45, 7) is 5.54. The number of ether oxygens (including phenoxy) is 1. The van der Waals surface area contributed by atoms with Crippen molar-refractivity contribution in [2.75, 3.05) is 6.61 Å². The lowest BCUT2D eigenvalue weighted by Crippen LogP contribution is -2.45. The molecular weight excluding hydrogens is 248 g/mol. The van der Waals surface area contributed by atoms with Crippen LogP contribution in [0, 0.1) is 5.41 Å². The normalized spacial score (nSPS) is 23.4. The third kappa shape index (κ3) is 4.63. The predicted molar refractivity (Wildman–Crippen MR) is 69.2 cm³/mol. The fourth-order valence-corrected chi connectivity index (χ4v) is 2.30. The van der Waals surface area contributed by atoms with Gasteiger partial charge in [0.2, 0.25) is 11.8 Å². The first kappa shape index (κ1) is 15.6. The zero-order valence-electron chi connectivity index (χ0n) is 11.7. The Morgan fingerprint density at radius 1 is 1.42 bits per heavy atom. The van der Waals surface area contributed by atoms with Crippen molar-refractivity contribution in [3.63, 3.8) is 0 Å². The minimum absolute atomic E-state index is 0.0497. The predicted octanol–water partition coefficient (Wildman–Crippen LogP) is 0.141. The lowest BCUT2D eigenvalue weighted by Gasteiger charge is -2.24. The Labute approximate surface area is 113 Å². The molecule has 0 aromatic rings. The smallest absolute Gasteiger partial charge is 0.221 e. The van der Waals surface area contributed by atoms with Crippen molar-refractivity contribution >= 4 is 17.6 Å². The largest absolute Gasteiger partial charge is 0.370 e. The van der Waals surface area contributed by atoms with Crippen LogP contribution >= 0.6 is 0 Å². The van der Waals surface area contributed by atoms with Gasteiger partial charge in [0.1, 0.15) is 12.6 Å². The van der Waals surface area contributed by atoms with Gasteiger partial charge in [0.05, 0.1) is 6.10 Å². The second-order valence-corrected chi connectivity index (χ2v) is 5.75. The highest BCUT2D eigenvalue weighted by Crippen LogP contribution is 2.25. The molecule has 1 aliphatic heterocycles. The molecule has 0 aromatic carbocycles. The number of hydrogen-bond donors (Lipinski definition) is 2. The summed E-state index contributed by atoms with van der Waals surface area (Å²) in [5.74, 6) is -0.800. The number of primary amides is 1. The van der Waals surface area contributed by atoms with E-state index in [9.17, 15) is 14.4 Å². The number of carbonyl (C=O) groups excluding carboxylic acids is 3. The summed E-state index contributed by atoms with van der Waals surface area (Å²) in [5, 5.41) is 2.69. The van der Waals surface area contributed by atoms with E-state index < -0.39 is 17.4 Å². The Kier molecular flexibility index (Phi) is 5.05. The molecule has 2 unspecified atom stereocenters. The molecule has 1 aliphatic rings. The number of rotatable bonds is 6. The minimum Gasteiger partial charge on any atom is -0.370 e. The molecule has 1 saturated heterocycles. The van der Waals surface area contributed by atoms with Crippen LogP contribution in [-0.4, -0.2) is 36.4 Å². The van der Waals surface area contributed by atoms with E-state index in [1.165, 1.54) is 0 Å². The Morgan fingerprint density at radius 3 is 2.58 bits per heavy atom. The molecular formula is C13H22N2O4. The van der Waals surface area contributed by atoms with Gasteiger partial charge in [-0.15, -0.1) is 0 Å². The Hall–Kier alpha value is -1.43. The number of ketones is 1. The molecule has 108 valence electrons. The van der Waals surface area contributed by atoms with Crippen LogP contribution < -0.4 is 11.1 Å². The maximum atomic E-state index is 11.9. The van der Waals surface area contributed by atoms with Crippen molar-refractivity contribution in [3.8, 4) is 0 Å². The first-order valence-corrected chi connectivity index (χ1v) is 6.47. The van der Waals surface area contributed by atoms with Gasteiger partial charge >= 0.3 is 0 Å². The Bertz CT molecular complexity index is 379. The Morgan fingerprint density at radius 2 is 2.05 bits per heavy atom. The molecule has 1 fully saturated rings. The van der Waals surface area contributed by atoms with Gasteiger partial charge in [-0.3, -0.25) is 14.4 Å². The molecule has 6 heteroatoms. The van der Waals surface area contributed by atoms with Crippen LogP contribution in [0.1, 0.15) is 40.0 Å². The fraction of sp³-hybridized carbons (Fsp3) is 0.769. The molecule has 6 nitrogen and oxygen atoms in total. The van der Waals surface area contributed by atoms with E-state index in [4.69, 9.17) is 10.5 Å². The van der Waals surface area contributed by atoms with Crippen LogP contribution in [0.5, 0.6) is 0 Å². The molecule has 0 spiro atoms. The molecule has 0 aromatic heterocycles. The van der Waals surface area contributed by atoms with E-state index >= 15 is 0 Å². The summed E-state index contributed by atoms with van der Waals surface area (Å²) in [6.07, 6.45) is 0.695. The minimum atomic E-state index is -0.568. The maximum Gasteiger partial charge on any atom is 0.221 e. The van der Waals surface area contributed by atoms with Crippen LogP contribution in [0.2, 0.25) is 0 Å². The summed E-state index contributed by atoms with van der Waals surface area (Å²) in [7, 11) is 0. The lowest BCUT2D eigenvalue weighted by molar-refractivity contribution is -0.128. The summed E-state index contributed by atoms with van der Waals surface area (Å²) in [4.78, 5) is 34.4. The van der Waals surface area contributed by atoms with Crippen LogP contribution in [0.25, 0.3) is 0 Å². The van der Waals surface area contributed by atoms with Crippen molar-refractivity contribution in [2.45, 2.75) is 52.2 Å². The molecule has 3 N–H and O–H groups in total. The highest BCUT2D eigenvalue weighted by Gasteiger charge is 2.36. The van der Waals surface area contributed by atoms with Gasteiger partial charge < -0.3 is 15.8 Å². The maximum absolute atomic E-state index is 11.9. The van der Waals surface area contributed by atoms with E-state index in [2.05, 4.69) is 5.32 Å². The van der Waals surface area contributed by atoms with Crippen molar-refractivity contribution in [1.29, 1.82) is 0 Å².